The fraction of sp³-hybridized carbons (Fsp3) is 0.182. The third-order valence-electron chi connectivity index (χ3n) is 2.16. The maximum atomic E-state index is 13.0. The van der Waals surface area contributed by atoms with Crippen LogP contribution in [-0.4, -0.2) is 36.6 Å². The Bertz CT molecular complexity index is 544. The number of carboxylic acid groups (broad SMARTS) is 1. The van der Waals surface area contributed by atoms with E-state index in [0.29, 0.717) is 12.1 Å². The van der Waals surface area contributed by atoms with E-state index >= 15 is 0 Å². The van der Waals surface area contributed by atoms with Gasteiger partial charge in [0.15, 0.2) is 11.6 Å². The van der Waals surface area contributed by atoms with E-state index in [0.717, 1.165) is 7.11 Å². The minimum atomic E-state index is -1.60. The molecule has 6 nitrogen and oxygen atoms in total. The number of carbonyl (C=O) groups excluding carboxylic acids is 2. The van der Waals surface area contributed by atoms with Crippen LogP contribution < -0.4 is 5.32 Å². The average Bonchev–Trinajstić information content (AvgIpc) is 2.37. The van der Waals surface area contributed by atoms with E-state index in [9.17, 15) is 23.2 Å². The summed E-state index contributed by atoms with van der Waals surface area (Å²) in [6, 6.07) is 0.843. The number of rotatable bonds is 4. The zero-order valence-electron chi connectivity index (χ0n) is 9.70. The lowest BCUT2D eigenvalue weighted by molar-refractivity contribution is -0.139. The van der Waals surface area contributed by atoms with E-state index in [4.69, 9.17) is 5.11 Å². The van der Waals surface area contributed by atoms with Crippen molar-refractivity contribution in [3.8, 4) is 0 Å². The van der Waals surface area contributed by atoms with Crippen LogP contribution in [0.15, 0.2) is 12.1 Å². The Hall–Kier alpha value is -2.51. The molecule has 0 saturated carbocycles. The van der Waals surface area contributed by atoms with Crippen LogP contribution in [0.1, 0.15) is 20.7 Å². The zero-order chi connectivity index (χ0) is 14.6. The topological polar surface area (TPSA) is 92.7 Å². The van der Waals surface area contributed by atoms with Crippen LogP contribution in [-0.2, 0) is 9.53 Å². The summed E-state index contributed by atoms with van der Waals surface area (Å²) in [5.41, 5.74) is -1.29. The molecule has 8 heteroatoms. The lowest BCUT2D eigenvalue weighted by Gasteiger charge is -2.07. The molecule has 0 radical (unpaired) electrons. The number of nitrogens with one attached hydrogen (secondary N) is 1. The van der Waals surface area contributed by atoms with Crippen molar-refractivity contribution in [3.05, 3.63) is 34.9 Å². The number of halogens is 2. The molecule has 19 heavy (non-hydrogen) atoms. The van der Waals surface area contributed by atoms with E-state index in [2.05, 4.69) is 4.74 Å². The number of esters is 1. The largest absolute Gasteiger partial charge is 0.478 e. The van der Waals surface area contributed by atoms with Crippen molar-refractivity contribution < 1.29 is 33.0 Å². The second-order valence-corrected chi connectivity index (χ2v) is 3.38. The van der Waals surface area contributed by atoms with Gasteiger partial charge in [-0.3, -0.25) is 9.59 Å². The first kappa shape index (κ1) is 14.6. The van der Waals surface area contributed by atoms with E-state index < -0.39 is 47.2 Å². The molecule has 0 heterocycles. The Morgan fingerprint density at radius 1 is 1.21 bits per heavy atom. The third kappa shape index (κ3) is 3.47. The van der Waals surface area contributed by atoms with Gasteiger partial charge in [-0.1, -0.05) is 0 Å². The molecule has 0 atom stereocenters. The number of amides is 1. The molecule has 0 saturated heterocycles. The number of aromatic carboxylic acids is 1. The normalized spacial score (nSPS) is 9.84. The lowest BCUT2D eigenvalue weighted by Crippen LogP contribution is -2.31. The molecule has 0 aliphatic rings. The predicted molar refractivity (Wildman–Crippen MR) is 57.7 cm³/mol. The van der Waals surface area contributed by atoms with Gasteiger partial charge in [0, 0.05) is 0 Å². The van der Waals surface area contributed by atoms with Crippen molar-refractivity contribution in [1.82, 2.24) is 5.32 Å². The van der Waals surface area contributed by atoms with Crippen molar-refractivity contribution >= 4 is 17.8 Å². The molecule has 102 valence electrons. The van der Waals surface area contributed by atoms with Crippen molar-refractivity contribution in [2.75, 3.05) is 13.7 Å². The molecule has 1 aromatic rings. The van der Waals surface area contributed by atoms with E-state index in [-0.39, 0.29) is 0 Å². The number of benzene rings is 1. The van der Waals surface area contributed by atoms with E-state index in [1.54, 1.807) is 0 Å². The Morgan fingerprint density at radius 3 is 2.21 bits per heavy atom. The van der Waals surface area contributed by atoms with Gasteiger partial charge >= 0.3 is 11.9 Å². The molecule has 0 aromatic heterocycles. The second-order valence-electron chi connectivity index (χ2n) is 3.38. The van der Waals surface area contributed by atoms with Gasteiger partial charge in [0.1, 0.15) is 6.54 Å². The number of methoxy groups -OCH3 is 1. The van der Waals surface area contributed by atoms with Gasteiger partial charge in [-0.05, 0) is 12.1 Å². The van der Waals surface area contributed by atoms with Crippen LogP contribution >= 0.6 is 0 Å². The molecule has 0 bridgehead atoms. The van der Waals surface area contributed by atoms with E-state index in [1.807, 2.05) is 5.32 Å². The fourth-order valence-corrected chi connectivity index (χ4v) is 1.23. The first-order valence-electron chi connectivity index (χ1n) is 4.94. The molecule has 0 unspecified atom stereocenters. The first-order chi connectivity index (χ1) is 8.86. The number of ether oxygens (including phenoxy) is 1. The van der Waals surface area contributed by atoms with Crippen LogP contribution in [0.3, 0.4) is 0 Å². The maximum absolute atomic E-state index is 13.0. The zero-order valence-corrected chi connectivity index (χ0v) is 9.70. The van der Waals surface area contributed by atoms with Gasteiger partial charge in [-0.15, -0.1) is 0 Å². The summed E-state index contributed by atoms with van der Waals surface area (Å²) in [4.78, 5) is 33.2. The average molecular weight is 273 g/mol. The van der Waals surface area contributed by atoms with Gasteiger partial charge < -0.3 is 15.2 Å². The Balaban J connectivity index is 3.04. The summed E-state index contributed by atoms with van der Waals surface area (Å²) in [5, 5.41) is 10.8. The molecule has 2 N–H and O–H groups in total. The quantitative estimate of drug-likeness (QED) is 0.782. The smallest absolute Gasteiger partial charge is 0.336 e. The minimum absolute atomic E-state index is 0.394. The van der Waals surface area contributed by atoms with Gasteiger partial charge in [-0.25, -0.2) is 13.6 Å². The molecule has 1 rings (SSSR count). The number of hydrogen-bond donors (Lipinski definition) is 2. The number of carboxylic acids is 1. The van der Waals surface area contributed by atoms with Crippen molar-refractivity contribution in [1.29, 1.82) is 0 Å². The van der Waals surface area contributed by atoms with E-state index in [1.165, 1.54) is 0 Å². The molecule has 1 amide bonds. The van der Waals surface area contributed by atoms with Crippen LogP contribution in [0.4, 0.5) is 8.78 Å². The van der Waals surface area contributed by atoms with Crippen molar-refractivity contribution in [2.45, 2.75) is 0 Å². The van der Waals surface area contributed by atoms with Crippen LogP contribution in [0.25, 0.3) is 0 Å². The predicted octanol–water partition coefficient (Wildman–Crippen LogP) is 0.566. The molecular formula is C11H9F2NO5. The summed E-state index contributed by atoms with van der Waals surface area (Å²) < 4.78 is 30.2. The molecule has 0 aliphatic carbocycles. The second kappa shape index (κ2) is 5.89. The van der Waals surface area contributed by atoms with Crippen molar-refractivity contribution in [2.24, 2.45) is 0 Å². The van der Waals surface area contributed by atoms with Gasteiger partial charge in [0.25, 0.3) is 5.91 Å². The van der Waals surface area contributed by atoms with Gasteiger partial charge in [0.2, 0.25) is 0 Å². The van der Waals surface area contributed by atoms with Crippen molar-refractivity contribution in [3.63, 3.8) is 0 Å². The lowest BCUT2D eigenvalue weighted by atomic mass is 10.1. The number of carbonyl (C=O) groups is 3. The SMILES string of the molecule is COC(=O)CNC(=O)c1cc(F)c(F)cc1C(=O)O. The molecule has 1 aromatic carbocycles. The maximum Gasteiger partial charge on any atom is 0.336 e. The highest BCUT2D eigenvalue weighted by molar-refractivity contribution is 6.05. The minimum Gasteiger partial charge on any atom is -0.478 e. The third-order valence-corrected chi connectivity index (χ3v) is 2.16. The monoisotopic (exact) mass is 273 g/mol. The Kier molecular flexibility index (Phi) is 4.51. The summed E-state index contributed by atoms with van der Waals surface area (Å²) in [7, 11) is 1.09. The van der Waals surface area contributed by atoms with Gasteiger partial charge in [-0.2, -0.15) is 0 Å². The Labute approximate surface area is 106 Å². The molecule has 0 spiro atoms. The highest BCUT2D eigenvalue weighted by atomic mass is 19.2. The van der Waals surface area contributed by atoms with Crippen LogP contribution in [0.5, 0.6) is 0 Å². The Morgan fingerprint density at radius 2 is 1.74 bits per heavy atom. The highest BCUT2D eigenvalue weighted by Crippen LogP contribution is 2.15. The fourth-order valence-electron chi connectivity index (χ4n) is 1.23. The number of hydrogen-bond acceptors (Lipinski definition) is 4. The molecule has 0 aliphatic heterocycles. The summed E-state index contributed by atoms with van der Waals surface area (Å²) in [5.74, 6) is -6.15. The molecule has 0 fully saturated rings. The summed E-state index contributed by atoms with van der Waals surface area (Å²) >= 11 is 0. The summed E-state index contributed by atoms with van der Waals surface area (Å²) in [6.07, 6.45) is 0. The highest BCUT2D eigenvalue weighted by Gasteiger charge is 2.20. The molecular weight excluding hydrogens is 264 g/mol. The van der Waals surface area contributed by atoms with Gasteiger partial charge in [0.05, 0.1) is 18.2 Å². The first-order valence-corrected chi connectivity index (χ1v) is 4.94. The van der Waals surface area contributed by atoms with Crippen LogP contribution in [0, 0.1) is 11.6 Å². The van der Waals surface area contributed by atoms with Crippen LogP contribution in [0.2, 0.25) is 0 Å². The summed E-state index contributed by atoms with van der Waals surface area (Å²) in [6.45, 7) is -0.520. The standard InChI is InChI=1S/C11H9F2NO5/c1-19-9(15)4-14-10(16)5-2-7(12)8(13)3-6(5)11(17)18/h2-3H,4H2,1H3,(H,14,16)(H,17,18).